The monoisotopic (exact) mass is 178 g/mol. The molecule has 0 radical (unpaired) electrons. The highest BCUT2D eigenvalue weighted by Gasteiger charge is 2.02. The molecule has 0 aliphatic carbocycles. The summed E-state index contributed by atoms with van der Waals surface area (Å²) in [5.41, 5.74) is 1.66. The topological polar surface area (TPSA) is 36.7 Å². The lowest BCUT2D eigenvalue weighted by atomic mass is 10.2. The number of rotatable bonds is 1. The highest BCUT2D eigenvalue weighted by molar-refractivity contribution is 8.13. The molecule has 1 rings (SSSR count). The molecule has 0 saturated heterocycles. The van der Waals surface area contributed by atoms with Gasteiger partial charge in [-0.2, -0.15) is 5.26 Å². The molecule has 1 atom stereocenters. The van der Waals surface area contributed by atoms with E-state index in [1.54, 1.807) is 6.20 Å². The molecule has 0 aliphatic heterocycles. The van der Waals surface area contributed by atoms with Crippen molar-refractivity contribution in [2.24, 2.45) is 0 Å². The Bertz CT molecular complexity index is 363. The first kappa shape index (κ1) is 8.95. The van der Waals surface area contributed by atoms with Gasteiger partial charge in [-0.1, -0.05) is 5.87 Å². The third-order valence-electron chi connectivity index (χ3n) is 1.44. The van der Waals surface area contributed by atoms with Crippen LogP contribution in [-0.2, 0) is 0 Å². The maximum Gasteiger partial charge on any atom is 0.108 e. The number of hydrogen-bond donors (Lipinski definition) is 0. The number of aryl methyl sites for hydroxylation is 1. The molecule has 0 aliphatic rings. The maximum absolute atomic E-state index is 8.78. The van der Waals surface area contributed by atoms with E-state index in [0.717, 1.165) is 10.6 Å². The number of hydrogen-bond acceptors (Lipinski definition) is 2. The lowest BCUT2D eigenvalue weighted by Gasteiger charge is -2.02. The first-order chi connectivity index (χ1) is 5.65. The van der Waals surface area contributed by atoms with Crippen LogP contribution in [0, 0.1) is 18.3 Å². The van der Waals surface area contributed by atoms with Crippen LogP contribution < -0.4 is 0 Å². The van der Waals surface area contributed by atoms with Crippen LogP contribution >= 0.6 is 10.5 Å². The van der Waals surface area contributed by atoms with Gasteiger partial charge < -0.3 is 0 Å². The molecule has 2 nitrogen and oxygen atoms in total. The lowest BCUT2D eigenvalue weighted by molar-refractivity contribution is 1.09. The quantitative estimate of drug-likeness (QED) is 0.616. The third kappa shape index (κ3) is 1.72. The highest BCUT2D eigenvalue weighted by atomic mass is 32.2. The molecule has 12 heavy (non-hydrogen) atoms. The molecule has 0 aromatic carbocycles. The molecule has 1 aromatic heterocycles. The Morgan fingerprint density at radius 2 is 2.33 bits per heavy atom. The van der Waals surface area contributed by atoms with E-state index in [-0.39, 0.29) is 10.5 Å². The number of nitriles is 1. The van der Waals surface area contributed by atoms with Crippen LogP contribution in [0.5, 0.6) is 0 Å². The Morgan fingerprint density at radius 1 is 1.67 bits per heavy atom. The molecule has 0 fully saturated rings. The fraction of sp³-hybridized carbons (Fsp3) is 0.222. The fourth-order valence-electron chi connectivity index (χ4n) is 0.914. The zero-order chi connectivity index (χ0) is 9.14. The minimum absolute atomic E-state index is 0.182. The minimum Gasteiger partial charge on any atom is -0.249 e. The van der Waals surface area contributed by atoms with E-state index in [9.17, 15) is 0 Å². The maximum atomic E-state index is 8.78. The summed E-state index contributed by atoms with van der Waals surface area (Å²) >= 11 is 0. The van der Waals surface area contributed by atoms with E-state index in [1.165, 1.54) is 0 Å². The SMILES string of the molecule is C=S(C)c1ncc(C)cc1C#N. The summed E-state index contributed by atoms with van der Waals surface area (Å²) in [6, 6.07) is 3.97. The molecular formula is C9H10N2S. The predicted molar refractivity (Wildman–Crippen MR) is 52.6 cm³/mol. The van der Waals surface area contributed by atoms with Crippen LogP contribution in [0.3, 0.4) is 0 Å². The molecule has 1 aromatic rings. The predicted octanol–water partition coefficient (Wildman–Crippen LogP) is 1.95. The summed E-state index contributed by atoms with van der Waals surface area (Å²) in [5, 5.41) is 9.59. The Balaban J connectivity index is 3.32. The zero-order valence-electron chi connectivity index (χ0n) is 7.16. The van der Waals surface area contributed by atoms with Crippen LogP contribution in [0.1, 0.15) is 11.1 Å². The van der Waals surface area contributed by atoms with Crippen molar-refractivity contribution < 1.29 is 0 Å². The van der Waals surface area contributed by atoms with Gasteiger partial charge in [-0.25, -0.2) is 4.98 Å². The summed E-state index contributed by atoms with van der Waals surface area (Å²) in [6.45, 7) is 1.93. The zero-order valence-corrected chi connectivity index (χ0v) is 7.98. The smallest absolute Gasteiger partial charge is 0.108 e. The van der Waals surface area contributed by atoms with Gasteiger partial charge in [0.2, 0.25) is 0 Å². The van der Waals surface area contributed by atoms with Crippen molar-refractivity contribution in [1.29, 1.82) is 5.26 Å². The standard InChI is InChI=1S/C9H10N2S/c1-7-4-8(5-10)9(11-6-7)12(2)3/h4,6H,2H2,1,3H3. The van der Waals surface area contributed by atoms with Gasteiger partial charge in [0.25, 0.3) is 0 Å². The average molecular weight is 178 g/mol. The molecule has 1 heterocycles. The molecule has 1 unspecified atom stereocenters. The minimum atomic E-state index is -0.182. The molecular weight excluding hydrogens is 168 g/mol. The Hall–Kier alpha value is -1.14. The van der Waals surface area contributed by atoms with Gasteiger partial charge in [0.1, 0.15) is 11.1 Å². The van der Waals surface area contributed by atoms with Crippen LogP contribution in [-0.4, -0.2) is 17.1 Å². The first-order valence-corrected chi connectivity index (χ1v) is 5.27. The molecule has 0 bridgehead atoms. The van der Waals surface area contributed by atoms with Gasteiger partial charge >= 0.3 is 0 Å². The van der Waals surface area contributed by atoms with E-state index in [2.05, 4.69) is 16.9 Å². The van der Waals surface area contributed by atoms with Crippen molar-refractivity contribution in [2.75, 3.05) is 6.26 Å². The Labute approximate surface area is 74.8 Å². The molecule has 62 valence electrons. The lowest BCUT2D eigenvalue weighted by Crippen LogP contribution is -1.88. The third-order valence-corrected chi connectivity index (χ3v) is 2.42. The van der Waals surface area contributed by atoms with Gasteiger partial charge in [0, 0.05) is 6.20 Å². The van der Waals surface area contributed by atoms with Crippen molar-refractivity contribution in [3.63, 3.8) is 0 Å². The van der Waals surface area contributed by atoms with E-state index < -0.39 is 0 Å². The van der Waals surface area contributed by atoms with Crippen LogP contribution in [0.4, 0.5) is 0 Å². The van der Waals surface area contributed by atoms with Gasteiger partial charge in [0.05, 0.1) is 5.56 Å². The van der Waals surface area contributed by atoms with Crippen LogP contribution in [0.25, 0.3) is 0 Å². The fourth-order valence-corrected chi connectivity index (χ4v) is 1.63. The van der Waals surface area contributed by atoms with Crippen molar-refractivity contribution in [3.8, 4) is 6.07 Å². The number of aromatic nitrogens is 1. The van der Waals surface area contributed by atoms with Gasteiger partial charge in [-0.3, -0.25) is 0 Å². The van der Waals surface area contributed by atoms with Crippen molar-refractivity contribution >= 4 is 16.4 Å². The van der Waals surface area contributed by atoms with Crippen molar-refractivity contribution in [2.45, 2.75) is 11.9 Å². The molecule has 0 amide bonds. The second-order valence-electron chi connectivity index (χ2n) is 2.61. The summed E-state index contributed by atoms with van der Waals surface area (Å²) in [4.78, 5) is 4.18. The van der Waals surface area contributed by atoms with E-state index in [1.807, 2.05) is 19.2 Å². The Morgan fingerprint density at radius 3 is 2.83 bits per heavy atom. The van der Waals surface area contributed by atoms with Gasteiger partial charge in [-0.15, -0.1) is 10.5 Å². The van der Waals surface area contributed by atoms with Crippen molar-refractivity contribution in [3.05, 3.63) is 23.4 Å². The van der Waals surface area contributed by atoms with E-state index in [0.29, 0.717) is 5.56 Å². The van der Waals surface area contributed by atoms with E-state index in [4.69, 9.17) is 5.26 Å². The molecule has 0 N–H and O–H groups in total. The normalized spacial score (nSPS) is 12.1. The van der Waals surface area contributed by atoms with E-state index >= 15 is 0 Å². The van der Waals surface area contributed by atoms with Gasteiger partial charge in [0.15, 0.2) is 0 Å². The Kier molecular flexibility index (Phi) is 2.61. The molecule has 0 saturated carbocycles. The average Bonchev–Trinajstić information content (AvgIpc) is 2.03. The highest BCUT2D eigenvalue weighted by Crippen LogP contribution is 2.22. The van der Waals surface area contributed by atoms with Crippen molar-refractivity contribution in [1.82, 2.24) is 4.98 Å². The molecule has 3 heteroatoms. The number of pyridine rings is 1. The number of nitrogens with zero attached hydrogens (tertiary/aromatic N) is 2. The molecule has 0 spiro atoms. The first-order valence-electron chi connectivity index (χ1n) is 3.47. The largest absolute Gasteiger partial charge is 0.249 e. The van der Waals surface area contributed by atoms with Crippen LogP contribution in [0.15, 0.2) is 17.3 Å². The summed E-state index contributed by atoms with van der Waals surface area (Å²) in [7, 11) is -0.182. The summed E-state index contributed by atoms with van der Waals surface area (Å²) in [5.74, 6) is 3.86. The second kappa shape index (κ2) is 3.51. The summed E-state index contributed by atoms with van der Waals surface area (Å²) < 4.78 is 0. The summed E-state index contributed by atoms with van der Waals surface area (Å²) in [6.07, 6.45) is 3.73. The second-order valence-corrected chi connectivity index (χ2v) is 4.28. The van der Waals surface area contributed by atoms with Crippen LogP contribution in [0.2, 0.25) is 0 Å². The van der Waals surface area contributed by atoms with Gasteiger partial charge in [-0.05, 0) is 24.8 Å².